The molecule has 0 atom stereocenters. The Labute approximate surface area is 157 Å². The van der Waals surface area contributed by atoms with Crippen molar-refractivity contribution in [3.63, 3.8) is 0 Å². The van der Waals surface area contributed by atoms with Crippen LogP contribution in [0.3, 0.4) is 0 Å². The average molecular weight is 366 g/mol. The molecule has 0 unspecified atom stereocenters. The van der Waals surface area contributed by atoms with Gasteiger partial charge in [-0.25, -0.2) is 4.98 Å². The van der Waals surface area contributed by atoms with Gasteiger partial charge in [0.1, 0.15) is 10.8 Å². The first-order chi connectivity index (χ1) is 12.7. The molecule has 4 nitrogen and oxygen atoms in total. The Morgan fingerprint density at radius 2 is 1.85 bits per heavy atom. The fourth-order valence-electron chi connectivity index (χ4n) is 2.65. The van der Waals surface area contributed by atoms with Crippen molar-refractivity contribution < 1.29 is 9.53 Å². The maximum atomic E-state index is 12.2. The zero-order valence-corrected chi connectivity index (χ0v) is 15.8. The summed E-state index contributed by atoms with van der Waals surface area (Å²) in [5.74, 6) is 0.856. The van der Waals surface area contributed by atoms with Crippen LogP contribution >= 0.6 is 11.3 Å². The molecule has 0 aliphatic heterocycles. The van der Waals surface area contributed by atoms with E-state index in [1.807, 2.05) is 49.4 Å². The van der Waals surface area contributed by atoms with Gasteiger partial charge < -0.3 is 10.1 Å². The first kappa shape index (κ1) is 18.1. The van der Waals surface area contributed by atoms with E-state index in [2.05, 4.69) is 22.4 Å². The second-order valence-electron chi connectivity index (χ2n) is 6.02. The van der Waals surface area contributed by atoms with E-state index in [4.69, 9.17) is 4.74 Å². The number of nitrogens with one attached hydrogen (secondary N) is 1. The van der Waals surface area contributed by atoms with E-state index in [0.29, 0.717) is 13.0 Å². The summed E-state index contributed by atoms with van der Waals surface area (Å²) in [5.41, 5.74) is 3.18. The van der Waals surface area contributed by atoms with Gasteiger partial charge in [-0.15, -0.1) is 11.3 Å². The number of thiazole rings is 1. The van der Waals surface area contributed by atoms with Crippen molar-refractivity contribution in [2.45, 2.75) is 19.8 Å². The molecule has 0 aliphatic rings. The molecular weight excluding hydrogens is 344 g/mol. The van der Waals surface area contributed by atoms with E-state index in [1.54, 1.807) is 18.4 Å². The monoisotopic (exact) mass is 366 g/mol. The lowest BCUT2D eigenvalue weighted by Crippen LogP contribution is -2.27. The molecule has 3 aromatic rings. The number of rotatable bonds is 7. The van der Waals surface area contributed by atoms with E-state index in [0.717, 1.165) is 33.3 Å². The maximum Gasteiger partial charge on any atom is 0.225 e. The first-order valence-electron chi connectivity index (χ1n) is 8.57. The highest BCUT2D eigenvalue weighted by atomic mass is 32.1. The van der Waals surface area contributed by atoms with Crippen LogP contribution in [0.5, 0.6) is 5.75 Å². The third-order valence-electron chi connectivity index (χ3n) is 4.13. The number of nitrogens with zero attached hydrogens (tertiary/aromatic N) is 1. The van der Waals surface area contributed by atoms with E-state index in [9.17, 15) is 4.79 Å². The second kappa shape index (κ2) is 8.63. The molecule has 134 valence electrons. The fraction of sp³-hybridized carbons (Fsp3) is 0.238. The molecule has 1 N–H and O–H groups in total. The number of hydrogen-bond acceptors (Lipinski definition) is 4. The van der Waals surface area contributed by atoms with Crippen molar-refractivity contribution in [2.75, 3.05) is 13.7 Å². The summed E-state index contributed by atoms with van der Waals surface area (Å²) in [6, 6.07) is 18.0. The smallest absolute Gasteiger partial charge is 0.225 e. The molecule has 0 spiro atoms. The molecule has 1 heterocycles. The molecule has 0 saturated carbocycles. The van der Waals surface area contributed by atoms with Gasteiger partial charge in [-0.05, 0) is 43.2 Å². The van der Waals surface area contributed by atoms with E-state index >= 15 is 0 Å². The number of benzene rings is 2. The zero-order chi connectivity index (χ0) is 18.4. The standard InChI is InChI=1S/C21H22N2O2S/c1-15-19(14-20(24)22-13-12-16-6-4-3-5-7-16)26-21(23-15)17-8-10-18(25-2)11-9-17/h3-11H,12-14H2,1-2H3,(H,22,24). The fourth-order valence-corrected chi connectivity index (χ4v) is 3.71. The summed E-state index contributed by atoms with van der Waals surface area (Å²) in [7, 11) is 1.65. The molecule has 0 aliphatic carbocycles. The van der Waals surface area contributed by atoms with Gasteiger partial charge in [-0.3, -0.25) is 4.79 Å². The largest absolute Gasteiger partial charge is 0.497 e. The third-order valence-corrected chi connectivity index (χ3v) is 5.34. The molecule has 3 rings (SSSR count). The van der Waals surface area contributed by atoms with Crippen LogP contribution in [0.15, 0.2) is 54.6 Å². The number of carbonyl (C=O) groups is 1. The van der Waals surface area contributed by atoms with Crippen molar-refractivity contribution >= 4 is 17.2 Å². The number of aryl methyl sites for hydroxylation is 1. The summed E-state index contributed by atoms with van der Waals surface area (Å²) in [6.45, 7) is 2.60. The average Bonchev–Trinajstić information content (AvgIpc) is 3.03. The molecule has 5 heteroatoms. The van der Waals surface area contributed by atoms with Gasteiger partial charge in [0.15, 0.2) is 0 Å². The number of methoxy groups -OCH3 is 1. The quantitative estimate of drug-likeness (QED) is 0.687. The highest BCUT2D eigenvalue weighted by Crippen LogP contribution is 2.29. The predicted octanol–water partition coefficient (Wildman–Crippen LogP) is 4.03. The highest BCUT2D eigenvalue weighted by Gasteiger charge is 2.13. The Balaban J connectivity index is 1.57. The van der Waals surface area contributed by atoms with Gasteiger partial charge >= 0.3 is 0 Å². The Hall–Kier alpha value is -2.66. The lowest BCUT2D eigenvalue weighted by Gasteiger charge is -2.04. The molecule has 1 aromatic heterocycles. The lowest BCUT2D eigenvalue weighted by molar-refractivity contribution is -0.120. The third kappa shape index (κ3) is 4.70. The van der Waals surface area contributed by atoms with E-state index in [1.165, 1.54) is 5.56 Å². The first-order valence-corrected chi connectivity index (χ1v) is 9.38. The SMILES string of the molecule is COc1ccc(-c2nc(C)c(CC(=O)NCCc3ccccc3)s2)cc1. The maximum absolute atomic E-state index is 12.2. The Morgan fingerprint density at radius 1 is 1.12 bits per heavy atom. The van der Waals surface area contributed by atoms with Gasteiger partial charge in [0.05, 0.1) is 19.2 Å². The van der Waals surface area contributed by atoms with Crippen LogP contribution < -0.4 is 10.1 Å². The molecule has 0 radical (unpaired) electrons. The van der Waals surface area contributed by atoms with Gasteiger partial charge in [-0.1, -0.05) is 30.3 Å². The van der Waals surface area contributed by atoms with Crippen LogP contribution in [-0.4, -0.2) is 24.5 Å². The Morgan fingerprint density at radius 3 is 2.54 bits per heavy atom. The van der Waals surface area contributed by atoms with Gasteiger partial charge in [0, 0.05) is 17.0 Å². The molecule has 2 aromatic carbocycles. The lowest BCUT2D eigenvalue weighted by atomic mass is 10.1. The zero-order valence-electron chi connectivity index (χ0n) is 15.0. The predicted molar refractivity (Wildman–Crippen MR) is 106 cm³/mol. The number of aromatic nitrogens is 1. The highest BCUT2D eigenvalue weighted by molar-refractivity contribution is 7.15. The van der Waals surface area contributed by atoms with Gasteiger partial charge in [0.2, 0.25) is 5.91 Å². The molecule has 0 bridgehead atoms. The van der Waals surface area contributed by atoms with Gasteiger partial charge in [-0.2, -0.15) is 0 Å². The van der Waals surface area contributed by atoms with Crippen LogP contribution in [0.2, 0.25) is 0 Å². The van der Waals surface area contributed by atoms with Crippen molar-refractivity contribution in [3.8, 4) is 16.3 Å². The minimum Gasteiger partial charge on any atom is -0.497 e. The minimum absolute atomic E-state index is 0.0361. The molecule has 0 saturated heterocycles. The number of carbonyl (C=O) groups excluding carboxylic acids is 1. The van der Waals surface area contributed by atoms with Crippen molar-refractivity contribution in [3.05, 3.63) is 70.7 Å². The van der Waals surface area contributed by atoms with Crippen molar-refractivity contribution in [1.82, 2.24) is 10.3 Å². The molecule has 0 fully saturated rings. The number of ether oxygens (including phenoxy) is 1. The van der Waals surface area contributed by atoms with Crippen LogP contribution in [0.4, 0.5) is 0 Å². The van der Waals surface area contributed by atoms with Crippen molar-refractivity contribution in [1.29, 1.82) is 0 Å². The minimum atomic E-state index is 0.0361. The topological polar surface area (TPSA) is 51.2 Å². The van der Waals surface area contributed by atoms with E-state index < -0.39 is 0 Å². The van der Waals surface area contributed by atoms with Crippen LogP contribution in [0.25, 0.3) is 10.6 Å². The molecule has 26 heavy (non-hydrogen) atoms. The second-order valence-corrected chi connectivity index (χ2v) is 7.10. The van der Waals surface area contributed by atoms with E-state index in [-0.39, 0.29) is 5.91 Å². The number of amides is 1. The Bertz CT molecular complexity index is 857. The van der Waals surface area contributed by atoms with Crippen LogP contribution in [0, 0.1) is 6.92 Å². The number of hydrogen-bond donors (Lipinski definition) is 1. The van der Waals surface area contributed by atoms with Crippen LogP contribution in [0.1, 0.15) is 16.1 Å². The summed E-state index contributed by atoms with van der Waals surface area (Å²) in [4.78, 5) is 17.9. The summed E-state index contributed by atoms with van der Waals surface area (Å²) >= 11 is 1.57. The Kier molecular flexibility index (Phi) is 6.02. The van der Waals surface area contributed by atoms with Gasteiger partial charge in [0.25, 0.3) is 0 Å². The molecular formula is C21H22N2O2S. The normalized spacial score (nSPS) is 10.5. The summed E-state index contributed by atoms with van der Waals surface area (Å²) in [6.07, 6.45) is 1.21. The molecule has 1 amide bonds. The summed E-state index contributed by atoms with van der Waals surface area (Å²) < 4.78 is 5.19. The summed E-state index contributed by atoms with van der Waals surface area (Å²) in [5, 5.41) is 3.92. The van der Waals surface area contributed by atoms with Crippen molar-refractivity contribution in [2.24, 2.45) is 0 Å². The van der Waals surface area contributed by atoms with Crippen LogP contribution in [-0.2, 0) is 17.6 Å².